The number of fused-ring (bicyclic) bond motifs is 2. The Labute approximate surface area is 375 Å². The first-order chi connectivity index (χ1) is 31.4. The van der Waals surface area contributed by atoms with Crippen LogP contribution in [0.2, 0.25) is 0 Å². The normalized spacial score (nSPS) is 13.2. The minimum absolute atomic E-state index is 0.0184. The van der Waals surface area contributed by atoms with Gasteiger partial charge in [-0.3, -0.25) is 14.4 Å². The molecule has 0 bridgehead atoms. The van der Waals surface area contributed by atoms with Crippen molar-refractivity contribution in [2.45, 2.75) is 39.3 Å². The molecule has 3 N–H and O–H groups in total. The van der Waals surface area contributed by atoms with Crippen LogP contribution in [0.4, 0.5) is 37.7 Å². The number of hydrogen-bond acceptors (Lipinski definition) is 9. The van der Waals surface area contributed by atoms with Gasteiger partial charge in [-0.2, -0.15) is 26.3 Å². The molecule has 0 atom stereocenters. The van der Waals surface area contributed by atoms with Crippen LogP contribution in [0.5, 0.6) is 0 Å². The summed E-state index contributed by atoms with van der Waals surface area (Å²) < 4.78 is 82.4. The zero-order valence-corrected chi connectivity index (χ0v) is 35.9. The molecule has 18 heteroatoms. The number of halogens is 6. The lowest BCUT2D eigenvalue weighted by Gasteiger charge is -2.35. The number of carbonyl (C=O) groups excluding carboxylic acids is 3. The maximum Gasteiger partial charge on any atom is 0.418 e. The van der Waals surface area contributed by atoms with Gasteiger partial charge in [0.2, 0.25) is 0 Å². The van der Waals surface area contributed by atoms with Gasteiger partial charge < -0.3 is 25.8 Å². The maximum atomic E-state index is 13.8. The minimum Gasteiger partial charge on any atom is -0.368 e. The Kier molecular flexibility index (Phi) is 13.9. The average Bonchev–Trinajstić information content (AvgIpc) is 3.30. The quantitative estimate of drug-likeness (QED) is 0.121. The molecule has 1 aliphatic heterocycles. The van der Waals surface area contributed by atoms with Gasteiger partial charge >= 0.3 is 12.4 Å². The third-order valence-corrected chi connectivity index (χ3v) is 10.8. The van der Waals surface area contributed by atoms with Crippen LogP contribution in [-0.4, -0.2) is 75.8 Å². The summed E-state index contributed by atoms with van der Waals surface area (Å²) in [5, 5.41) is 9.06. The van der Waals surface area contributed by atoms with Crippen LogP contribution in [0, 0.1) is 13.8 Å². The van der Waals surface area contributed by atoms with Gasteiger partial charge in [0.25, 0.3) is 17.7 Å². The lowest BCUT2D eigenvalue weighted by atomic mass is 10.1. The first-order valence-corrected chi connectivity index (χ1v) is 20.7. The van der Waals surface area contributed by atoms with Crippen molar-refractivity contribution in [3.63, 3.8) is 0 Å². The van der Waals surface area contributed by atoms with E-state index in [2.05, 4.69) is 40.8 Å². The number of anilines is 2. The van der Waals surface area contributed by atoms with Crippen LogP contribution in [0.25, 0.3) is 22.1 Å². The predicted molar refractivity (Wildman–Crippen MR) is 238 cm³/mol. The van der Waals surface area contributed by atoms with Gasteiger partial charge in [0.15, 0.2) is 11.3 Å². The first-order valence-electron chi connectivity index (χ1n) is 20.7. The van der Waals surface area contributed by atoms with E-state index in [4.69, 9.17) is 0 Å². The molecule has 66 heavy (non-hydrogen) atoms. The van der Waals surface area contributed by atoms with Gasteiger partial charge in [-0.05, 0) is 105 Å². The Bertz CT molecular complexity index is 2900. The number of amides is 3. The standard InChI is InChI=1S/C25H19F3N4O2.C23H24F3N5O/c1-15-19(13-18-8-5-11-29-22(18)31-15)24(34)30-14-16-9-10-21(20(12-16)25(26,27)28)32-23(33)17-6-3-2-4-7-17;1-15-18(13-17-4-3-7-27-21(17)29-15)22(32)28-14-16-5-6-20(19(12-16)23(24,25)26)31-10-8-30(2)9-11-31/h2-13H,14H2,1H3,(H,30,34)(H,32,33);3-7,12-13H,8-11,14H2,1-2H3,(H,28,32). The molecule has 340 valence electrons. The summed E-state index contributed by atoms with van der Waals surface area (Å²) in [4.78, 5) is 58.5. The van der Waals surface area contributed by atoms with Crippen molar-refractivity contribution in [1.29, 1.82) is 0 Å². The molecule has 3 aromatic carbocycles. The third kappa shape index (κ3) is 11.2. The number of aromatic nitrogens is 4. The molecule has 7 aromatic rings. The summed E-state index contributed by atoms with van der Waals surface area (Å²) in [6.45, 7) is 5.71. The smallest absolute Gasteiger partial charge is 0.368 e. The molecule has 0 saturated carbocycles. The van der Waals surface area contributed by atoms with E-state index in [-0.39, 0.29) is 35.6 Å². The van der Waals surface area contributed by atoms with Gasteiger partial charge in [0.1, 0.15) is 0 Å². The number of alkyl halides is 6. The summed E-state index contributed by atoms with van der Waals surface area (Å²) in [6, 6.07) is 26.1. The number of carbonyl (C=O) groups is 3. The Hall–Kier alpha value is -7.47. The number of nitrogens with one attached hydrogen (secondary N) is 3. The second-order valence-corrected chi connectivity index (χ2v) is 15.5. The van der Waals surface area contributed by atoms with Gasteiger partial charge in [0.05, 0.1) is 39.3 Å². The van der Waals surface area contributed by atoms with Crippen molar-refractivity contribution in [3.8, 4) is 0 Å². The molecule has 0 unspecified atom stereocenters. The van der Waals surface area contributed by atoms with E-state index in [9.17, 15) is 40.7 Å². The average molecular weight is 908 g/mol. The molecule has 0 radical (unpaired) electrons. The second-order valence-electron chi connectivity index (χ2n) is 15.5. The molecule has 8 rings (SSSR count). The van der Waals surface area contributed by atoms with Crippen LogP contribution in [-0.2, 0) is 25.4 Å². The number of likely N-dealkylation sites (N-methyl/N-ethyl adjacent to an activating group) is 1. The number of pyridine rings is 4. The molecule has 0 spiro atoms. The molecule has 5 heterocycles. The van der Waals surface area contributed by atoms with Crippen molar-refractivity contribution in [3.05, 3.63) is 166 Å². The highest BCUT2D eigenvalue weighted by molar-refractivity contribution is 6.04. The van der Waals surface area contributed by atoms with Crippen molar-refractivity contribution >= 4 is 51.2 Å². The Balaban J connectivity index is 0.000000197. The van der Waals surface area contributed by atoms with E-state index in [1.54, 1.807) is 91.8 Å². The van der Waals surface area contributed by atoms with Gasteiger partial charge in [-0.15, -0.1) is 0 Å². The summed E-state index contributed by atoms with van der Waals surface area (Å²) in [7, 11) is 1.96. The van der Waals surface area contributed by atoms with E-state index in [1.165, 1.54) is 30.3 Å². The molecule has 0 aliphatic carbocycles. The predicted octanol–water partition coefficient (Wildman–Crippen LogP) is 8.78. The monoisotopic (exact) mass is 907 g/mol. The highest BCUT2D eigenvalue weighted by Gasteiger charge is 2.36. The lowest BCUT2D eigenvalue weighted by molar-refractivity contribution is -0.137. The Morgan fingerprint density at radius 3 is 1.61 bits per heavy atom. The SMILES string of the molecule is Cc1nc2ncccc2cc1C(=O)NCc1ccc(N2CCN(C)CC2)c(C(F)(F)F)c1.Cc1nc2ncccc2cc1C(=O)NCc1ccc(NC(=O)c2ccccc2)c(C(F)(F)F)c1. The van der Waals surface area contributed by atoms with E-state index in [0.717, 1.165) is 17.5 Å². The lowest BCUT2D eigenvalue weighted by Crippen LogP contribution is -2.45. The number of nitrogens with zero attached hydrogens (tertiary/aromatic N) is 6. The highest BCUT2D eigenvalue weighted by atomic mass is 19.4. The molecule has 1 saturated heterocycles. The zero-order chi connectivity index (χ0) is 47.2. The Morgan fingerprint density at radius 2 is 1.09 bits per heavy atom. The Morgan fingerprint density at radius 1 is 0.591 bits per heavy atom. The number of benzene rings is 3. The molecule has 1 fully saturated rings. The zero-order valence-electron chi connectivity index (χ0n) is 35.9. The minimum atomic E-state index is -4.70. The van der Waals surface area contributed by atoms with Crippen molar-refractivity contribution in [1.82, 2.24) is 35.5 Å². The van der Waals surface area contributed by atoms with Crippen LogP contribution < -0.4 is 20.9 Å². The van der Waals surface area contributed by atoms with Gasteiger partial charge in [-0.1, -0.05) is 30.3 Å². The molecular formula is C48H43F6N9O3. The van der Waals surface area contributed by atoms with Crippen molar-refractivity contribution < 1.29 is 40.7 Å². The highest BCUT2D eigenvalue weighted by Crippen LogP contribution is 2.38. The van der Waals surface area contributed by atoms with E-state index in [0.29, 0.717) is 70.9 Å². The fourth-order valence-corrected chi connectivity index (χ4v) is 7.28. The summed E-state index contributed by atoms with van der Waals surface area (Å²) >= 11 is 0. The van der Waals surface area contributed by atoms with E-state index in [1.807, 2.05) is 7.05 Å². The van der Waals surface area contributed by atoms with Gasteiger partial charge in [0, 0.05) is 73.7 Å². The third-order valence-electron chi connectivity index (χ3n) is 10.8. The van der Waals surface area contributed by atoms with Crippen LogP contribution in [0.1, 0.15) is 64.7 Å². The summed E-state index contributed by atoms with van der Waals surface area (Å²) in [5.74, 6) is -1.51. The van der Waals surface area contributed by atoms with Crippen LogP contribution in [0.15, 0.2) is 116 Å². The van der Waals surface area contributed by atoms with Gasteiger partial charge in [-0.25, -0.2) is 19.9 Å². The summed E-state index contributed by atoms with van der Waals surface area (Å²) in [5.41, 5.74) is 1.68. The van der Waals surface area contributed by atoms with Crippen molar-refractivity contribution in [2.24, 2.45) is 0 Å². The maximum absolute atomic E-state index is 13.8. The molecular weight excluding hydrogens is 865 g/mol. The molecule has 12 nitrogen and oxygen atoms in total. The first kappa shape index (κ1) is 46.5. The largest absolute Gasteiger partial charge is 0.418 e. The van der Waals surface area contributed by atoms with Crippen LogP contribution >= 0.6 is 0 Å². The molecule has 4 aromatic heterocycles. The van der Waals surface area contributed by atoms with Crippen LogP contribution in [0.3, 0.4) is 0 Å². The number of piperazine rings is 1. The fourth-order valence-electron chi connectivity index (χ4n) is 7.28. The fraction of sp³-hybridized carbons (Fsp3) is 0.229. The number of rotatable bonds is 9. The van der Waals surface area contributed by atoms with Crippen molar-refractivity contribution in [2.75, 3.05) is 43.4 Å². The summed E-state index contributed by atoms with van der Waals surface area (Å²) in [6.07, 6.45) is -5.97. The van der Waals surface area contributed by atoms with E-state index >= 15 is 0 Å². The molecule has 1 aliphatic rings. The topological polar surface area (TPSA) is 145 Å². The second kappa shape index (κ2) is 19.7. The number of hydrogen-bond donors (Lipinski definition) is 3. The number of aryl methyl sites for hydroxylation is 2. The molecule has 3 amide bonds. The van der Waals surface area contributed by atoms with E-state index < -0.39 is 41.2 Å².